The zero-order valence-corrected chi connectivity index (χ0v) is 23.5. The summed E-state index contributed by atoms with van der Waals surface area (Å²) in [6, 6.07) is 11.8. The molecule has 0 N–H and O–H groups in total. The Hall–Kier alpha value is -0.617. The number of fused-ring (bicyclic) bond motifs is 3. The topological polar surface area (TPSA) is 0 Å². The molecule has 31 heavy (non-hydrogen) atoms. The summed E-state index contributed by atoms with van der Waals surface area (Å²) in [6.07, 6.45) is 8.94. The Balaban J connectivity index is 0.00000171. The third kappa shape index (κ3) is 4.85. The van der Waals surface area contributed by atoms with Crippen LogP contribution in [0, 0.1) is 25.2 Å². The molecule has 0 radical (unpaired) electrons. The minimum atomic E-state index is 0. The second kappa shape index (κ2) is 10.1. The van der Waals surface area contributed by atoms with Crippen LogP contribution in [0.3, 0.4) is 0 Å². The minimum Gasteiger partial charge on any atom is -1.00 e. The first-order valence-corrected chi connectivity index (χ1v) is 12.5. The average molecular weight is 532 g/mol. The third-order valence-electron chi connectivity index (χ3n) is 6.67. The molecule has 0 fully saturated rings. The smallest absolute Gasteiger partial charge is 1.00 e. The Labute approximate surface area is 216 Å². The Bertz CT molecular complexity index is 1020. The zero-order valence-electron chi connectivity index (χ0n) is 19.6. The van der Waals surface area contributed by atoms with Crippen LogP contribution in [0.25, 0.3) is 16.7 Å². The molecule has 4 rings (SSSR count). The SMILES string of the molecule is CCCCC1C=C(C(C)(C)C)C=C1c1c(C)ccc2c1[CH]([Zr+2])c1cc(C)ccc1-2.[Cl-].[Cl-]. The van der Waals surface area contributed by atoms with E-state index in [1.807, 2.05) is 0 Å². The van der Waals surface area contributed by atoms with Crippen molar-refractivity contribution in [2.75, 3.05) is 0 Å². The molecular weight excluding hydrogens is 498 g/mol. The van der Waals surface area contributed by atoms with Gasteiger partial charge in [0.05, 0.1) is 0 Å². The maximum Gasteiger partial charge on any atom is -1.00 e. The number of rotatable bonds is 4. The number of aryl methyl sites for hydroxylation is 2. The van der Waals surface area contributed by atoms with Crippen LogP contribution in [-0.2, 0) is 24.7 Å². The standard InChI is InChI=1S/C28H33.2ClH.Zr/c1-7-8-9-20-15-22(28(4,5)6)17-25(20)27-19(3)11-13-24-23-12-10-18(2)14-21(23)16-26(24)27;;;/h10-17,20H,7-9H2,1-6H3;2*1H;/q;;;+2/p-2. The molecule has 3 heteroatoms. The normalized spacial score (nSPS) is 19.1. The summed E-state index contributed by atoms with van der Waals surface area (Å²) < 4.78 is 0.549. The Morgan fingerprint density at radius 2 is 1.65 bits per heavy atom. The van der Waals surface area contributed by atoms with E-state index in [1.54, 1.807) is 41.4 Å². The van der Waals surface area contributed by atoms with Crippen LogP contribution < -0.4 is 24.8 Å². The predicted octanol–water partition coefficient (Wildman–Crippen LogP) is 2.10. The van der Waals surface area contributed by atoms with Gasteiger partial charge in [0.2, 0.25) is 0 Å². The van der Waals surface area contributed by atoms with Gasteiger partial charge in [-0.3, -0.25) is 0 Å². The average Bonchev–Trinajstić information content (AvgIpc) is 3.20. The summed E-state index contributed by atoms with van der Waals surface area (Å²) in [7, 11) is 0. The Morgan fingerprint density at radius 3 is 2.29 bits per heavy atom. The van der Waals surface area contributed by atoms with Crippen molar-refractivity contribution in [3.8, 4) is 11.1 Å². The summed E-state index contributed by atoms with van der Waals surface area (Å²) in [5, 5.41) is 0. The molecular formula is C28H33Cl2Zr. The fourth-order valence-electron chi connectivity index (χ4n) is 4.98. The first kappa shape index (κ1) is 26.6. The summed E-state index contributed by atoms with van der Waals surface area (Å²) in [6.45, 7) is 13.9. The van der Waals surface area contributed by atoms with E-state index in [2.05, 4.69) is 84.0 Å². The first-order valence-electron chi connectivity index (χ1n) is 11.1. The molecule has 2 aromatic carbocycles. The van der Waals surface area contributed by atoms with Gasteiger partial charge < -0.3 is 24.8 Å². The number of allylic oxidation sites excluding steroid dienone is 4. The molecule has 0 bridgehead atoms. The second-order valence-corrected chi connectivity index (χ2v) is 11.4. The minimum absolute atomic E-state index is 0. The molecule has 163 valence electrons. The van der Waals surface area contributed by atoms with Crippen molar-refractivity contribution >= 4 is 5.57 Å². The van der Waals surface area contributed by atoms with Crippen molar-refractivity contribution in [3.63, 3.8) is 0 Å². The molecule has 0 aliphatic heterocycles. The molecule has 2 atom stereocenters. The van der Waals surface area contributed by atoms with Gasteiger partial charge in [-0.1, -0.05) is 0 Å². The van der Waals surface area contributed by atoms with Crippen LogP contribution in [0.1, 0.15) is 78.4 Å². The summed E-state index contributed by atoms with van der Waals surface area (Å²) >= 11 is 1.60. The van der Waals surface area contributed by atoms with Gasteiger partial charge in [0.15, 0.2) is 0 Å². The summed E-state index contributed by atoms with van der Waals surface area (Å²) in [4.78, 5) is 0. The van der Waals surface area contributed by atoms with Crippen LogP contribution in [0.4, 0.5) is 0 Å². The molecule has 2 aliphatic rings. The maximum absolute atomic E-state index is 2.58. The largest absolute Gasteiger partial charge is 1.00 e. The predicted molar refractivity (Wildman–Crippen MR) is 122 cm³/mol. The van der Waals surface area contributed by atoms with E-state index in [0.29, 0.717) is 9.54 Å². The van der Waals surface area contributed by atoms with Crippen molar-refractivity contribution in [1.29, 1.82) is 0 Å². The van der Waals surface area contributed by atoms with Gasteiger partial charge in [-0.15, -0.1) is 0 Å². The third-order valence-corrected chi connectivity index (χ3v) is 8.14. The van der Waals surface area contributed by atoms with Crippen molar-refractivity contribution in [3.05, 3.63) is 75.9 Å². The van der Waals surface area contributed by atoms with Gasteiger partial charge >= 0.3 is 193 Å². The van der Waals surface area contributed by atoms with Gasteiger partial charge in [-0.05, 0) is 0 Å². The molecule has 0 saturated carbocycles. The molecule has 0 spiro atoms. The van der Waals surface area contributed by atoms with E-state index >= 15 is 0 Å². The second-order valence-electron chi connectivity index (χ2n) is 9.96. The molecule has 0 aromatic heterocycles. The number of hydrogen-bond acceptors (Lipinski definition) is 0. The van der Waals surface area contributed by atoms with E-state index in [0.717, 1.165) is 0 Å². The van der Waals surface area contributed by atoms with Gasteiger partial charge in [-0.2, -0.15) is 0 Å². The van der Waals surface area contributed by atoms with E-state index in [4.69, 9.17) is 0 Å². The number of halogens is 2. The number of unbranched alkanes of at least 4 members (excludes halogenated alkanes) is 1. The van der Waals surface area contributed by atoms with Crippen LogP contribution in [0.2, 0.25) is 0 Å². The molecule has 2 aromatic rings. The molecule has 2 unspecified atom stereocenters. The summed E-state index contributed by atoms with van der Waals surface area (Å²) in [5.74, 6) is 0.558. The zero-order chi connectivity index (χ0) is 20.9. The van der Waals surface area contributed by atoms with Gasteiger partial charge in [0.25, 0.3) is 0 Å². The number of hydrogen-bond donors (Lipinski definition) is 0. The Morgan fingerprint density at radius 1 is 0.968 bits per heavy atom. The van der Waals surface area contributed by atoms with Gasteiger partial charge in [0, 0.05) is 0 Å². The van der Waals surface area contributed by atoms with Crippen LogP contribution in [-0.4, -0.2) is 0 Å². The van der Waals surface area contributed by atoms with Crippen molar-refractivity contribution in [1.82, 2.24) is 0 Å². The van der Waals surface area contributed by atoms with E-state index in [1.165, 1.54) is 52.7 Å². The van der Waals surface area contributed by atoms with Crippen molar-refractivity contribution in [2.45, 2.75) is 64.4 Å². The first-order chi connectivity index (χ1) is 13.7. The molecule has 0 saturated heterocycles. The monoisotopic (exact) mass is 529 g/mol. The van der Waals surface area contributed by atoms with Crippen LogP contribution in [0.5, 0.6) is 0 Å². The van der Waals surface area contributed by atoms with E-state index in [-0.39, 0.29) is 30.2 Å². The Kier molecular flexibility index (Phi) is 8.69. The van der Waals surface area contributed by atoms with Gasteiger partial charge in [0.1, 0.15) is 0 Å². The van der Waals surface area contributed by atoms with Crippen molar-refractivity contribution < 1.29 is 49.5 Å². The molecule has 0 nitrogen and oxygen atoms in total. The van der Waals surface area contributed by atoms with Crippen LogP contribution in [0.15, 0.2) is 48.1 Å². The fraction of sp³-hybridized carbons (Fsp3) is 0.429. The maximum atomic E-state index is 2.58. The molecule has 0 amide bonds. The van der Waals surface area contributed by atoms with Crippen molar-refractivity contribution in [2.24, 2.45) is 11.3 Å². The quantitative estimate of drug-likeness (QED) is 0.567. The van der Waals surface area contributed by atoms with E-state index < -0.39 is 0 Å². The fourth-order valence-corrected chi connectivity index (χ4v) is 6.31. The summed E-state index contributed by atoms with van der Waals surface area (Å²) in [5.41, 5.74) is 13.7. The molecule has 0 heterocycles. The number of benzene rings is 2. The molecule has 2 aliphatic carbocycles. The van der Waals surface area contributed by atoms with E-state index in [9.17, 15) is 0 Å². The van der Waals surface area contributed by atoms with Gasteiger partial charge in [-0.25, -0.2) is 0 Å². The van der Waals surface area contributed by atoms with Crippen LogP contribution >= 0.6 is 0 Å².